The second kappa shape index (κ2) is 5.51. The molecule has 0 amide bonds. The van der Waals surface area contributed by atoms with Gasteiger partial charge in [0.25, 0.3) is 0 Å². The lowest BCUT2D eigenvalue weighted by atomic mass is 10.1. The molecule has 0 spiro atoms. The topological polar surface area (TPSA) is 61.2 Å². The highest BCUT2D eigenvalue weighted by molar-refractivity contribution is 7.89. The number of sulfonamides is 1. The SMILES string of the molecule is CCN(C(C)C)S(=O)(=O)c1ccc(C#N)c(C)c1. The Morgan fingerprint density at radius 2 is 2.00 bits per heavy atom. The normalized spacial score (nSPS) is 11.8. The van der Waals surface area contributed by atoms with Crippen molar-refractivity contribution in [2.45, 2.75) is 38.6 Å². The van der Waals surface area contributed by atoms with Gasteiger partial charge in [-0.1, -0.05) is 6.92 Å². The van der Waals surface area contributed by atoms with Crippen LogP contribution in [0.25, 0.3) is 0 Å². The first-order valence-electron chi connectivity index (χ1n) is 5.87. The first kappa shape index (κ1) is 14.7. The molecule has 18 heavy (non-hydrogen) atoms. The Kier molecular flexibility index (Phi) is 4.49. The molecule has 0 aliphatic carbocycles. The fraction of sp³-hybridized carbons (Fsp3) is 0.462. The third kappa shape index (κ3) is 2.71. The lowest BCUT2D eigenvalue weighted by molar-refractivity contribution is 0.369. The summed E-state index contributed by atoms with van der Waals surface area (Å²) in [4.78, 5) is 0.245. The lowest BCUT2D eigenvalue weighted by Crippen LogP contribution is -2.36. The van der Waals surface area contributed by atoms with E-state index < -0.39 is 10.0 Å². The molecule has 1 aromatic rings. The van der Waals surface area contributed by atoms with Crippen LogP contribution in [-0.4, -0.2) is 25.3 Å². The zero-order valence-corrected chi connectivity index (χ0v) is 12.0. The molecule has 0 atom stereocenters. The molecular formula is C13H18N2O2S. The van der Waals surface area contributed by atoms with Gasteiger partial charge in [-0.2, -0.15) is 9.57 Å². The second-order valence-electron chi connectivity index (χ2n) is 4.39. The third-order valence-corrected chi connectivity index (χ3v) is 4.96. The van der Waals surface area contributed by atoms with Gasteiger partial charge >= 0.3 is 0 Å². The Labute approximate surface area is 109 Å². The first-order valence-corrected chi connectivity index (χ1v) is 7.31. The molecule has 0 saturated carbocycles. The van der Waals surface area contributed by atoms with Gasteiger partial charge in [0.2, 0.25) is 10.0 Å². The highest BCUT2D eigenvalue weighted by Gasteiger charge is 2.25. The summed E-state index contributed by atoms with van der Waals surface area (Å²) in [6, 6.07) is 6.54. The van der Waals surface area contributed by atoms with Gasteiger partial charge in [0.1, 0.15) is 0 Å². The van der Waals surface area contributed by atoms with E-state index in [1.165, 1.54) is 10.4 Å². The molecule has 0 fully saturated rings. The molecule has 0 saturated heterocycles. The van der Waals surface area contributed by atoms with E-state index in [0.29, 0.717) is 17.7 Å². The monoisotopic (exact) mass is 266 g/mol. The molecule has 0 aromatic heterocycles. The number of benzene rings is 1. The highest BCUT2D eigenvalue weighted by Crippen LogP contribution is 2.20. The molecule has 0 bridgehead atoms. The van der Waals surface area contributed by atoms with E-state index >= 15 is 0 Å². The van der Waals surface area contributed by atoms with Gasteiger partial charge in [-0.15, -0.1) is 0 Å². The van der Waals surface area contributed by atoms with Gasteiger partial charge in [0.15, 0.2) is 0 Å². The number of aryl methyl sites for hydroxylation is 1. The molecule has 0 heterocycles. The van der Waals surface area contributed by atoms with E-state index in [9.17, 15) is 8.42 Å². The molecule has 0 aliphatic heterocycles. The maximum atomic E-state index is 12.4. The van der Waals surface area contributed by atoms with Gasteiger partial charge in [-0.05, 0) is 44.5 Å². The average Bonchev–Trinajstić information content (AvgIpc) is 2.28. The predicted molar refractivity (Wildman–Crippen MR) is 70.6 cm³/mol. The van der Waals surface area contributed by atoms with Crippen molar-refractivity contribution in [3.63, 3.8) is 0 Å². The van der Waals surface area contributed by atoms with Crippen molar-refractivity contribution >= 4 is 10.0 Å². The van der Waals surface area contributed by atoms with Gasteiger partial charge in [0, 0.05) is 12.6 Å². The van der Waals surface area contributed by atoms with Gasteiger partial charge < -0.3 is 0 Å². The number of hydrogen-bond donors (Lipinski definition) is 0. The van der Waals surface area contributed by atoms with Crippen LogP contribution in [0.5, 0.6) is 0 Å². The number of rotatable bonds is 4. The molecule has 5 heteroatoms. The molecule has 1 aromatic carbocycles. The van der Waals surface area contributed by atoms with E-state index in [1.54, 1.807) is 19.1 Å². The van der Waals surface area contributed by atoms with Crippen LogP contribution in [0, 0.1) is 18.3 Å². The largest absolute Gasteiger partial charge is 0.243 e. The maximum Gasteiger partial charge on any atom is 0.243 e. The minimum Gasteiger partial charge on any atom is -0.207 e. The van der Waals surface area contributed by atoms with Crippen molar-refractivity contribution in [1.82, 2.24) is 4.31 Å². The molecule has 0 unspecified atom stereocenters. The van der Waals surface area contributed by atoms with Crippen LogP contribution in [0.2, 0.25) is 0 Å². The Balaban J connectivity index is 3.30. The fourth-order valence-corrected chi connectivity index (χ4v) is 3.60. The zero-order valence-electron chi connectivity index (χ0n) is 11.1. The predicted octanol–water partition coefficient (Wildman–Crippen LogP) is 2.29. The average molecular weight is 266 g/mol. The minimum absolute atomic E-state index is 0.0871. The molecular weight excluding hydrogens is 248 g/mol. The molecule has 4 nitrogen and oxygen atoms in total. The summed E-state index contributed by atoms with van der Waals surface area (Å²) in [5.41, 5.74) is 1.18. The summed E-state index contributed by atoms with van der Waals surface area (Å²) in [5, 5.41) is 8.85. The van der Waals surface area contributed by atoms with Crippen molar-refractivity contribution in [3.05, 3.63) is 29.3 Å². The molecule has 0 N–H and O–H groups in total. The van der Waals surface area contributed by atoms with E-state index in [4.69, 9.17) is 5.26 Å². The highest BCUT2D eigenvalue weighted by atomic mass is 32.2. The van der Waals surface area contributed by atoms with Crippen LogP contribution < -0.4 is 0 Å². The molecule has 1 rings (SSSR count). The van der Waals surface area contributed by atoms with Crippen LogP contribution in [0.4, 0.5) is 0 Å². The van der Waals surface area contributed by atoms with E-state index in [1.807, 2.05) is 26.8 Å². The van der Waals surface area contributed by atoms with Crippen molar-refractivity contribution < 1.29 is 8.42 Å². The van der Waals surface area contributed by atoms with Crippen LogP contribution in [0.3, 0.4) is 0 Å². The van der Waals surface area contributed by atoms with E-state index in [0.717, 1.165) is 0 Å². The van der Waals surface area contributed by atoms with Crippen LogP contribution in [0.1, 0.15) is 31.9 Å². The fourth-order valence-electron chi connectivity index (χ4n) is 1.87. The Morgan fingerprint density at radius 3 is 2.39 bits per heavy atom. The standard InChI is InChI=1S/C13H18N2O2S/c1-5-15(10(2)3)18(16,17)13-7-6-12(9-14)11(4)8-13/h6-8,10H,5H2,1-4H3. The second-order valence-corrected chi connectivity index (χ2v) is 6.28. The van der Waals surface area contributed by atoms with Crippen LogP contribution in [-0.2, 0) is 10.0 Å². The number of nitrogens with zero attached hydrogens (tertiary/aromatic N) is 2. The van der Waals surface area contributed by atoms with Crippen LogP contribution >= 0.6 is 0 Å². The Morgan fingerprint density at radius 1 is 1.39 bits per heavy atom. The van der Waals surface area contributed by atoms with Crippen molar-refractivity contribution in [3.8, 4) is 6.07 Å². The number of nitriles is 1. The van der Waals surface area contributed by atoms with Crippen molar-refractivity contribution in [1.29, 1.82) is 5.26 Å². The lowest BCUT2D eigenvalue weighted by Gasteiger charge is -2.24. The quantitative estimate of drug-likeness (QED) is 0.840. The Bertz CT molecular complexity index is 571. The summed E-state index contributed by atoms with van der Waals surface area (Å²) in [7, 11) is -3.47. The van der Waals surface area contributed by atoms with Gasteiger partial charge in [-0.3, -0.25) is 0 Å². The summed E-state index contributed by atoms with van der Waals surface area (Å²) >= 11 is 0. The summed E-state index contributed by atoms with van der Waals surface area (Å²) in [6.07, 6.45) is 0. The van der Waals surface area contributed by atoms with Crippen molar-refractivity contribution in [2.24, 2.45) is 0 Å². The summed E-state index contributed by atoms with van der Waals surface area (Å²) < 4.78 is 26.2. The minimum atomic E-state index is -3.47. The van der Waals surface area contributed by atoms with E-state index in [-0.39, 0.29) is 10.9 Å². The first-order chi connectivity index (χ1) is 8.34. The third-order valence-electron chi connectivity index (χ3n) is 2.81. The smallest absolute Gasteiger partial charge is 0.207 e. The van der Waals surface area contributed by atoms with Crippen LogP contribution in [0.15, 0.2) is 23.1 Å². The summed E-state index contributed by atoms with van der Waals surface area (Å²) in [5.74, 6) is 0. The number of hydrogen-bond acceptors (Lipinski definition) is 3. The molecule has 0 aliphatic rings. The van der Waals surface area contributed by atoms with Crippen molar-refractivity contribution in [2.75, 3.05) is 6.54 Å². The Hall–Kier alpha value is -1.38. The maximum absolute atomic E-state index is 12.4. The van der Waals surface area contributed by atoms with E-state index in [2.05, 4.69) is 0 Å². The molecule has 0 radical (unpaired) electrons. The van der Waals surface area contributed by atoms with Gasteiger partial charge in [-0.25, -0.2) is 8.42 Å². The summed E-state index contributed by atoms with van der Waals surface area (Å²) in [6.45, 7) is 7.67. The zero-order chi connectivity index (χ0) is 13.9. The van der Waals surface area contributed by atoms with Gasteiger partial charge in [0.05, 0.1) is 16.5 Å². The molecule has 98 valence electrons.